The van der Waals surface area contributed by atoms with Crippen LogP contribution in [0.1, 0.15) is 37.3 Å². The van der Waals surface area contributed by atoms with Gasteiger partial charge in [-0.05, 0) is 67.5 Å². The summed E-state index contributed by atoms with van der Waals surface area (Å²) in [6.45, 7) is 2.55. The number of fused-ring (bicyclic) bond motifs is 1. The Kier molecular flexibility index (Phi) is 9.45. The topological polar surface area (TPSA) is 99.8 Å². The largest absolute Gasteiger partial charge is 0.491 e. The highest BCUT2D eigenvalue weighted by Gasteiger charge is 2.31. The van der Waals surface area contributed by atoms with Crippen molar-refractivity contribution in [3.8, 4) is 5.75 Å². The Labute approximate surface area is 232 Å². The average Bonchev–Trinajstić information content (AvgIpc) is 3.76. The standard InChI is InChI=1S/C29H34ClFN4O4/c1-18-27(36)34-24(16-19-5-10-22(30)11-6-19)28(37)33-13-3-4-20-9-12-23(31)17-25(20)39-15-14-32-26(21-7-8-21)29(38)35(18)2/h5-6,9-12,17-18,24,32H,3-4,7-8,13-16H2,1-2H3,(H,33,37)(H,34,36)/t18-,24-/m1/s1. The van der Waals surface area contributed by atoms with E-state index < -0.39 is 23.8 Å². The van der Waals surface area contributed by atoms with Gasteiger partial charge in [0, 0.05) is 37.6 Å². The van der Waals surface area contributed by atoms with Gasteiger partial charge in [0.05, 0.1) is 5.70 Å². The molecular weight excluding hydrogens is 523 g/mol. The van der Waals surface area contributed by atoms with Crippen molar-refractivity contribution in [3.05, 3.63) is 75.7 Å². The lowest BCUT2D eigenvalue weighted by molar-refractivity contribution is -0.137. The van der Waals surface area contributed by atoms with Gasteiger partial charge in [0.25, 0.3) is 5.91 Å². The zero-order chi connectivity index (χ0) is 27.9. The number of nitrogens with zero attached hydrogens (tertiary/aromatic N) is 1. The molecule has 10 heteroatoms. The number of carbonyl (C=O) groups excluding carboxylic acids is 3. The highest BCUT2D eigenvalue weighted by molar-refractivity contribution is 6.30. The van der Waals surface area contributed by atoms with Crippen LogP contribution in [0.25, 0.3) is 0 Å². The Morgan fingerprint density at radius 1 is 1.00 bits per heavy atom. The fourth-order valence-corrected chi connectivity index (χ4v) is 4.50. The molecule has 39 heavy (non-hydrogen) atoms. The molecule has 3 amide bonds. The van der Waals surface area contributed by atoms with Crippen LogP contribution in [-0.4, -0.2) is 61.4 Å². The molecule has 0 spiro atoms. The summed E-state index contributed by atoms with van der Waals surface area (Å²) in [4.78, 5) is 41.1. The van der Waals surface area contributed by atoms with Gasteiger partial charge in [-0.25, -0.2) is 4.39 Å². The van der Waals surface area contributed by atoms with Gasteiger partial charge in [-0.3, -0.25) is 14.4 Å². The molecule has 1 fully saturated rings. The molecule has 0 unspecified atom stereocenters. The molecular formula is C29H34ClFN4O4. The Balaban J connectivity index is 1.57. The summed E-state index contributed by atoms with van der Waals surface area (Å²) in [6, 6.07) is 9.82. The highest BCUT2D eigenvalue weighted by Crippen LogP contribution is 2.31. The highest BCUT2D eigenvalue weighted by atomic mass is 35.5. The van der Waals surface area contributed by atoms with Crippen molar-refractivity contribution in [1.82, 2.24) is 20.9 Å². The van der Waals surface area contributed by atoms with Crippen LogP contribution < -0.4 is 20.7 Å². The molecule has 0 radical (unpaired) electrons. The quantitative estimate of drug-likeness (QED) is 0.494. The van der Waals surface area contributed by atoms with Gasteiger partial charge < -0.3 is 25.6 Å². The van der Waals surface area contributed by atoms with E-state index in [1.807, 2.05) is 12.1 Å². The van der Waals surface area contributed by atoms with Crippen LogP contribution in [0.4, 0.5) is 4.39 Å². The number of allylic oxidation sites excluding steroid dienone is 1. The van der Waals surface area contributed by atoms with Crippen molar-refractivity contribution >= 4 is 29.3 Å². The number of carbonyl (C=O) groups is 3. The van der Waals surface area contributed by atoms with Crippen LogP contribution in [0, 0.1) is 5.82 Å². The van der Waals surface area contributed by atoms with Crippen LogP contribution in [0.3, 0.4) is 0 Å². The molecule has 0 saturated heterocycles. The van der Waals surface area contributed by atoms with Gasteiger partial charge >= 0.3 is 0 Å². The SMILES string of the molecule is C[C@@H]1C(=O)N[C@H](Cc2ccc(Cl)cc2)C(=O)NCCCc2ccc(F)cc2OCCNC(=C2CC2)C(=O)N1C. The number of nitrogens with one attached hydrogen (secondary N) is 3. The number of amides is 3. The van der Waals surface area contributed by atoms with Crippen LogP contribution >= 0.6 is 11.6 Å². The summed E-state index contributed by atoms with van der Waals surface area (Å²) < 4.78 is 19.8. The van der Waals surface area contributed by atoms with E-state index in [0.29, 0.717) is 42.4 Å². The van der Waals surface area contributed by atoms with E-state index in [1.165, 1.54) is 17.0 Å². The van der Waals surface area contributed by atoms with E-state index in [2.05, 4.69) is 16.0 Å². The summed E-state index contributed by atoms with van der Waals surface area (Å²) in [5.74, 6) is -1.03. The molecule has 4 rings (SSSR count). The fraction of sp³-hybridized carbons (Fsp3) is 0.414. The number of rotatable bonds is 2. The van der Waals surface area contributed by atoms with Crippen molar-refractivity contribution < 1.29 is 23.5 Å². The molecule has 0 aromatic heterocycles. The first kappa shape index (κ1) is 28.4. The number of halogens is 2. The Hall–Kier alpha value is -3.59. The number of likely N-dealkylation sites (N-methyl/N-ethyl adjacent to an activating group) is 1. The fourth-order valence-electron chi connectivity index (χ4n) is 4.37. The summed E-state index contributed by atoms with van der Waals surface area (Å²) in [5.41, 5.74) is 3.09. The van der Waals surface area contributed by atoms with Crippen LogP contribution in [-0.2, 0) is 27.2 Å². The maximum atomic E-state index is 13.9. The average molecular weight is 557 g/mol. The third-order valence-electron chi connectivity index (χ3n) is 6.95. The number of hydrogen-bond donors (Lipinski definition) is 3. The van der Waals surface area contributed by atoms with E-state index in [9.17, 15) is 18.8 Å². The summed E-state index contributed by atoms with van der Waals surface area (Å²) in [7, 11) is 1.57. The smallest absolute Gasteiger partial charge is 0.270 e. The first-order valence-corrected chi connectivity index (χ1v) is 13.6. The van der Waals surface area contributed by atoms with E-state index >= 15 is 0 Å². The molecule has 0 bridgehead atoms. The molecule has 1 heterocycles. The third-order valence-corrected chi connectivity index (χ3v) is 7.20. The van der Waals surface area contributed by atoms with Gasteiger partial charge in [0.1, 0.15) is 30.3 Å². The van der Waals surface area contributed by atoms with E-state index in [4.69, 9.17) is 16.3 Å². The maximum absolute atomic E-state index is 13.9. The van der Waals surface area contributed by atoms with Crippen molar-refractivity contribution in [1.29, 1.82) is 0 Å². The predicted octanol–water partition coefficient (Wildman–Crippen LogP) is 3.13. The summed E-state index contributed by atoms with van der Waals surface area (Å²) in [5, 5.41) is 9.48. The van der Waals surface area contributed by atoms with Crippen LogP contribution in [0.2, 0.25) is 5.02 Å². The second-order valence-corrected chi connectivity index (χ2v) is 10.3. The van der Waals surface area contributed by atoms with Crippen molar-refractivity contribution in [3.63, 3.8) is 0 Å². The van der Waals surface area contributed by atoms with E-state index in [0.717, 1.165) is 29.5 Å². The monoisotopic (exact) mass is 556 g/mol. The normalized spacial score (nSPS) is 21.5. The summed E-state index contributed by atoms with van der Waals surface area (Å²) >= 11 is 6.01. The summed E-state index contributed by atoms with van der Waals surface area (Å²) in [6.07, 6.45) is 3.03. The van der Waals surface area contributed by atoms with Crippen LogP contribution in [0.5, 0.6) is 5.75 Å². The van der Waals surface area contributed by atoms with Gasteiger partial charge in [0.15, 0.2) is 0 Å². The predicted molar refractivity (Wildman–Crippen MR) is 147 cm³/mol. The van der Waals surface area contributed by atoms with Crippen molar-refractivity contribution in [2.75, 3.05) is 26.7 Å². The lowest BCUT2D eigenvalue weighted by Gasteiger charge is -2.28. The minimum Gasteiger partial charge on any atom is -0.491 e. The molecule has 1 saturated carbocycles. The lowest BCUT2D eigenvalue weighted by Crippen LogP contribution is -2.54. The second-order valence-electron chi connectivity index (χ2n) is 9.88. The second kappa shape index (κ2) is 13.0. The third kappa shape index (κ3) is 7.72. The maximum Gasteiger partial charge on any atom is 0.270 e. The van der Waals surface area contributed by atoms with Crippen molar-refractivity contribution in [2.45, 2.75) is 51.1 Å². The number of ether oxygens (including phenoxy) is 1. The lowest BCUT2D eigenvalue weighted by atomic mass is 10.0. The Morgan fingerprint density at radius 3 is 2.46 bits per heavy atom. The molecule has 2 aromatic carbocycles. The molecule has 2 atom stereocenters. The van der Waals surface area contributed by atoms with Gasteiger partial charge in [-0.2, -0.15) is 0 Å². The van der Waals surface area contributed by atoms with Gasteiger partial charge in [-0.15, -0.1) is 0 Å². The van der Waals surface area contributed by atoms with E-state index in [1.54, 1.807) is 32.2 Å². The zero-order valence-corrected chi connectivity index (χ0v) is 22.9. The first-order valence-electron chi connectivity index (χ1n) is 13.2. The number of aryl methyl sites for hydroxylation is 1. The molecule has 208 valence electrons. The molecule has 1 aliphatic heterocycles. The Morgan fingerprint density at radius 2 is 1.74 bits per heavy atom. The van der Waals surface area contributed by atoms with Crippen molar-refractivity contribution in [2.24, 2.45) is 0 Å². The molecule has 2 aromatic rings. The number of benzene rings is 2. The zero-order valence-electron chi connectivity index (χ0n) is 22.2. The minimum absolute atomic E-state index is 0.226. The molecule has 3 N–H and O–H groups in total. The van der Waals surface area contributed by atoms with Gasteiger partial charge in [0.2, 0.25) is 11.8 Å². The Bertz CT molecular complexity index is 1240. The number of hydrogen-bond acceptors (Lipinski definition) is 5. The molecule has 8 nitrogen and oxygen atoms in total. The minimum atomic E-state index is -0.854. The molecule has 1 aliphatic carbocycles. The molecule has 2 aliphatic rings. The first-order chi connectivity index (χ1) is 18.7. The van der Waals surface area contributed by atoms with E-state index in [-0.39, 0.29) is 24.8 Å². The van der Waals surface area contributed by atoms with Gasteiger partial charge in [-0.1, -0.05) is 29.8 Å². The van der Waals surface area contributed by atoms with Crippen LogP contribution in [0.15, 0.2) is 53.7 Å².